The number of rotatable bonds is 7. The van der Waals surface area contributed by atoms with E-state index in [1.165, 1.54) is 6.07 Å². The summed E-state index contributed by atoms with van der Waals surface area (Å²) in [5.74, 6) is 0.653. The van der Waals surface area contributed by atoms with Crippen molar-refractivity contribution in [1.82, 2.24) is 25.1 Å². The van der Waals surface area contributed by atoms with Crippen molar-refractivity contribution in [2.45, 2.75) is 31.5 Å². The fourth-order valence-electron chi connectivity index (χ4n) is 4.93. The van der Waals surface area contributed by atoms with Gasteiger partial charge in [-0.3, -0.25) is 4.90 Å². The molecule has 0 amide bonds. The highest BCUT2D eigenvalue weighted by Gasteiger charge is 2.32. The predicted molar refractivity (Wildman–Crippen MR) is 130 cm³/mol. The average Bonchev–Trinajstić information content (AvgIpc) is 3.54. The third-order valence-corrected chi connectivity index (χ3v) is 6.80. The molecule has 3 heterocycles. The van der Waals surface area contributed by atoms with Crippen molar-refractivity contribution in [3.8, 4) is 0 Å². The van der Waals surface area contributed by atoms with Crippen molar-refractivity contribution in [1.29, 1.82) is 0 Å². The molecule has 5 rings (SSSR count). The highest BCUT2D eigenvalue weighted by Crippen LogP contribution is 2.31. The van der Waals surface area contributed by atoms with Crippen LogP contribution >= 0.6 is 0 Å². The molecule has 0 unspecified atom stereocenters. The molecule has 2 fully saturated rings. The second kappa shape index (κ2) is 10.1. The number of para-hydroxylation sites is 1. The van der Waals surface area contributed by atoms with Gasteiger partial charge in [0.25, 0.3) is 0 Å². The molecule has 0 spiro atoms. The number of hydrogen-bond donors (Lipinski definition) is 0. The van der Waals surface area contributed by atoms with E-state index in [-0.39, 0.29) is 18.0 Å². The van der Waals surface area contributed by atoms with Gasteiger partial charge in [-0.1, -0.05) is 24.3 Å². The van der Waals surface area contributed by atoms with Gasteiger partial charge in [-0.25, -0.2) is 9.07 Å². The van der Waals surface area contributed by atoms with E-state index in [4.69, 9.17) is 4.74 Å². The molecule has 0 saturated carbocycles. The Morgan fingerprint density at radius 1 is 1.06 bits per heavy atom. The molecule has 9 heteroatoms. The van der Waals surface area contributed by atoms with Crippen molar-refractivity contribution in [3.63, 3.8) is 0 Å². The lowest BCUT2D eigenvalue weighted by molar-refractivity contribution is 0.0906. The number of nitrogens with zero attached hydrogens (tertiary/aromatic N) is 7. The van der Waals surface area contributed by atoms with E-state index in [1.54, 1.807) is 6.07 Å². The first-order valence-corrected chi connectivity index (χ1v) is 12.0. The fourth-order valence-corrected chi connectivity index (χ4v) is 4.93. The summed E-state index contributed by atoms with van der Waals surface area (Å²) in [6, 6.07) is 15.5. The minimum atomic E-state index is -0.174. The van der Waals surface area contributed by atoms with Gasteiger partial charge in [0, 0.05) is 52.6 Å². The fraction of sp³-hybridized carbons (Fsp3) is 0.480. The monoisotopic (exact) mass is 465 g/mol. The van der Waals surface area contributed by atoms with Crippen LogP contribution in [0.4, 0.5) is 15.8 Å². The van der Waals surface area contributed by atoms with Gasteiger partial charge in [0.05, 0.1) is 24.4 Å². The molecule has 0 aliphatic carbocycles. The van der Waals surface area contributed by atoms with Crippen LogP contribution in [0.25, 0.3) is 0 Å². The molecule has 8 nitrogen and oxygen atoms in total. The minimum absolute atomic E-state index is 0.0876. The Morgan fingerprint density at radius 2 is 1.82 bits per heavy atom. The van der Waals surface area contributed by atoms with Crippen molar-refractivity contribution in [2.24, 2.45) is 0 Å². The van der Waals surface area contributed by atoms with E-state index >= 15 is 0 Å². The molecule has 2 saturated heterocycles. The van der Waals surface area contributed by atoms with Gasteiger partial charge in [-0.15, -0.1) is 5.10 Å². The first-order chi connectivity index (χ1) is 16.6. The van der Waals surface area contributed by atoms with Gasteiger partial charge in [0.1, 0.15) is 5.82 Å². The Balaban J connectivity index is 1.41. The number of anilines is 2. The van der Waals surface area contributed by atoms with Crippen molar-refractivity contribution >= 4 is 11.4 Å². The summed E-state index contributed by atoms with van der Waals surface area (Å²) in [7, 11) is 4.08. The third kappa shape index (κ3) is 4.76. The molecule has 1 aromatic heterocycles. The van der Waals surface area contributed by atoms with Gasteiger partial charge in [0.15, 0.2) is 5.82 Å². The summed E-state index contributed by atoms with van der Waals surface area (Å²) >= 11 is 0. The summed E-state index contributed by atoms with van der Waals surface area (Å²) in [5.41, 5.74) is 2.96. The quantitative estimate of drug-likeness (QED) is 0.532. The molecule has 0 radical (unpaired) electrons. The zero-order valence-corrected chi connectivity index (χ0v) is 19.8. The van der Waals surface area contributed by atoms with E-state index < -0.39 is 0 Å². The second-order valence-electron chi connectivity index (χ2n) is 9.22. The number of hydrogen-bond acceptors (Lipinski definition) is 7. The van der Waals surface area contributed by atoms with Gasteiger partial charge in [-0.05, 0) is 53.1 Å². The first kappa shape index (κ1) is 22.7. The Bertz CT molecular complexity index is 1070. The van der Waals surface area contributed by atoms with Crippen molar-refractivity contribution in [3.05, 3.63) is 65.7 Å². The van der Waals surface area contributed by atoms with Crippen LogP contribution in [0.1, 0.15) is 30.3 Å². The summed E-state index contributed by atoms with van der Waals surface area (Å²) < 4.78 is 22.1. The molecular formula is C25H32FN7O. The Kier molecular flexibility index (Phi) is 6.73. The molecule has 0 N–H and O–H groups in total. The number of aromatic nitrogens is 4. The first-order valence-electron chi connectivity index (χ1n) is 12.0. The maximum atomic E-state index is 14.4. The lowest BCUT2D eigenvalue weighted by Crippen LogP contribution is -2.48. The van der Waals surface area contributed by atoms with Gasteiger partial charge in [-0.2, -0.15) is 0 Å². The van der Waals surface area contributed by atoms with Crippen LogP contribution in [0.2, 0.25) is 0 Å². The van der Waals surface area contributed by atoms with Gasteiger partial charge >= 0.3 is 0 Å². The van der Waals surface area contributed by atoms with Crippen LogP contribution in [0, 0.1) is 5.82 Å². The van der Waals surface area contributed by atoms with Crippen molar-refractivity contribution in [2.75, 3.05) is 56.7 Å². The van der Waals surface area contributed by atoms with Crippen LogP contribution in [-0.2, 0) is 11.3 Å². The van der Waals surface area contributed by atoms with E-state index in [2.05, 4.69) is 54.5 Å². The van der Waals surface area contributed by atoms with E-state index in [1.807, 2.05) is 30.9 Å². The topological polar surface area (TPSA) is 62.6 Å². The smallest absolute Gasteiger partial charge is 0.173 e. The Labute approximate surface area is 199 Å². The molecule has 2 aromatic carbocycles. The third-order valence-electron chi connectivity index (χ3n) is 6.80. The number of ether oxygens (including phenoxy) is 1. The van der Waals surface area contributed by atoms with Crippen LogP contribution < -0.4 is 9.80 Å². The molecule has 2 aliphatic rings. The number of piperazine rings is 1. The Hall–Kier alpha value is -3.04. The molecule has 3 aromatic rings. The maximum absolute atomic E-state index is 14.4. The molecule has 2 atom stereocenters. The van der Waals surface area contributed by atoms with Crippen LogP contribution in [0.5, 0.6) is 0 Å². The van der Waals surface area contributed by atoms with E-state index in [0.717, 1.165) is 62.7 Å². The van der Waals surface area contributed by atoms with Gasteiger partial charge < -0.3 is 14.5 Å². The Morgan fingerprint density at radius 3 is 2.50 bits per heavy atom. The summed E-state index contributed by atoms with van der Waals surface area (Å²) in [6.45, 7) is 4.49. The zero-order chi connectivity index (χ0) is 23.5. The SMILES string of the molecule is CN(C)c1ccc([C@H](c2nnnn2C[C@H]2CCCO2)N2CCN(c3ccccc3F)CC2)cc1. The van der Waals surface area contributed by atoms with Crippen LogP contribution in [-0.4, -0.2) is 78.1 Å². The average molecular weight is 466 g/mol. The standard InChI is InChI=1S/C25H32FN7O/c1-30(2)20-11-9-19(10-12-20)24(25-27-28-29-33(25)18-21-6-5-17-34-21)32-15-13-31(14-16-32)23-8-4-3-7-22(23)26/h3-4,7-12,21,24H,5-6,13-18H2,1-2H3/t21-,24-/m1/s1. The summed E-state index contributed by atoms with van der Waals surface area (Å²) in [5, 5.41) is 12.8. The normalized spacial score (nSPS) is 20.0. The minimum Gasteiger partial charge on any atom is -0.378 e. The summed E-state index contributed by atoms with van der Waals surface area (Å²) in [6.07, 6.45) is 2.26. The maximum Gasteiger partial charge on any atom is 0.173 e. The molecule has 2 aliphatic heterocycles. The molecular weight excluding hydrogens is 433 g/mol. The lowest BCUT2D eigenvalue weighted by Gasteiger charge is -2.40. The van der Waals surface area contributed by atoms with Crippen molar-refractivity contribution < 1.29 is 9.13 Å². The largest absolute Gasteiger partial charge is 0.378 e. The number of tetrazole rings is 1. The van der Waals surface area contributed by atoms with Crippen LogP contribution in [0.3, 0.4) is 0 Å². The van der Waals surface area contributed by atoms with E-state index in [0.29, 0.717) is 12.2 Å². The molecule has 0 bridgehead atoms. The number of benzene rings is 2. The predicted octanol–water partition coefficient (Wildman–Crippen LogP) is 2.97. The van der Waals surface area contributed by atoms with Crippen LogP contribution in [0.15, 0.2) is 48.5 Å². The number of halogens is 1. The van der Waals surface area contributed by atoms with Gasteiger partial charge in [0.2, 0.25) is 0 Å². The zero-order valence-electron chi connectivity index (χ0n) is 19.8. The highest BCUT2D eigenvalue weighted by atomic mass is 19.1. The second-order valence-corrected chi connectivity index (χ2v) is 9.22. The van der Waals surface area contributed by atoms with E-state index in [9.17, 15) is 4.39 Å². The molecule has 180 valence electrons. The summed E-state index contributed by atoms with van der Waals surface area (Å²) in [4.78, 5) is 6.61. The highest BCUT2D eigenvalue weighted by molar-refractivity contribution is 5.49. The molecule has 34 heavy (non-hydrogen) atoms. The lowest BCUT2D eigenvalue weighted by atomic mass is 10.0.